The summed E-state index contributed by atoms with van der Waals surface area (Å²) >= 11 is 0. The molecule has 0 spiro atoms. The Kier molecular flexibility index (Phi) is 7.36. The van der Waals surface area contributed by atoms with Gasteiger partial charge in [-0.2, -0.15) is 0 Å². The summed E-state index contributed by atoms with van der Waals surface area (Å²) in [5.41, 5.74) is 2.23. The Morgan fingerprint density at radius 1 is 0.969 bits per heavy atom. The summed E-state index contributed by atoms with van der Waals surface area (Å²) in [7, 11) is 0. The quantitative estimate of drug-likeness (QED) is 0.674. The number of carbonyl (C=O) groups excluding carboxylic acids is 2. The molecule has 0 N–H and O–H groups in total. The third-order valence-electron chi connectivity index (χ3n) is 7.51. The fourth-order valence-electron chi connectivity index (χ4n) is 4.86. The van der Waals surface area contributed by atoms with E-state index in [0.717, 1.165) is 62.2 Å². The van der Waals surface area contributed by atoms with Crippen molar-refractivity contribution in [3.8, 4) is 5.75 Å². The highest BCUT2D eigenvalue weighted by Crippen LogP contribution is 2.25. The molecule has 1 aromatic carbocycles. The van der Waals surface area contributed by atoms with Crippen molar-refractivity contribution in [1.82, 2.24) is 19.6 Å². The Balaban J connectivity index is 1.19. The van der Waals surface area contributed by atoms with E-state index in [1.165, 1.54) is 19.3 Å². The normalized spacial score (nSPS) is 21.8. The number of nitrogens with zero attached hydrogens (tertiary/aromatic N) is 4. The molecule has 4 rings (SSSR count). The van der Waals surface area contributed by atoms with Gasteiger partial charge in [0.25, 0.3) is 5.91 Å². The van der Waals surface area contributed by atoms with E-state index in [4.69, 9.17) is 4.74 Å². The van der Waals surface area contributed by atoms with Crippen LogP contribution in [0.15, 0.2) is 18.2 Å². The number of benzene rings is 1. The Morgan fingerprint density at radius 3 is 2.25 bits per heavy atom. The average molecular weight is 443 g/mol. The van der Waals surface area contributed by atoms with Crippen molar-refractivity contribution in [3.63, 3.8) is 0 Å². The molecular formula is C25H38N4O3. The summed E-state index contributed by atoms with van der Waals surface area (Å²) in [6.07, 6.45) is 3.49. The molecule has 2 aliphatic heterocycles. The van der Waals surface area contributed by atoms with Gasteiger partial charge in [0.2, 0.25) is 5.91 Å². The van der Waals surface area contributed by atoms with Crippen molar-refractivity contribution in [2.24, 2.45) is 0 Å². The van der Waals surface area contributed by atoms with Gasteiger partial charge in [0.05, 0.1) is 6.54 Å². The summed E-state index contributed by atoms with van der Waals surface area (Å²) in [5, 5.41) is 0. The molecule has 1 atom stereocenters. The first-order chi connectivity index (χ1) is 15.4. The zero-order chi connectivity index (χ0) is 22.7. The number of aryl methyl sites for hydroxylation is 1. The van der Waals surface area contributed by atoms with Crippen molar-refractivity contribution in [3.05, 3.63) is 29.3 Å². The minimum absolute atomic E-state index is 0.0176. The third-order valence-corrected chi connectivity index (χ3v) is 7.51. The molecule has 32 heavy (non-hydrogen) atoms. The number of amides is 2. The number of ether oxygens (including phenoxy) is 1. The Labute approximate surface area is 192 Å². The van der Waals surface area contributed by atoms with E-state index in [1.807, 2.05) is 48.8 Å². The van der Waals surface area contributed by atoms with E-state index in [1.54, 1.807) is 0 Å². The Bertz CT molecular complexity index is 809. The maximum atomic E-state index is 12.9. The molecule has 7 nitrogen and oxygen atoms in total. The van der Waals surface area contributed by atoms with Gasteiger partial charge in [0, 0.05) is 58.4 Å². The van der Waals surface area contributed by atoms with Crippen molar-refractivity contribution < 1.29 is 14.3 Å². The SMILES string of the molecule is Cc1cccc(OC(C)C(=O)N2CCN(CC(=O)N3CCN(C4CCC4)CC3)CC2)c1C. The monoisotopic (exact) mass is 442 g/mol. The van der Waals surface area contributed by atoms with Crippen LogP contribution in [-0.2, 0) is 9.59 Å². The first-order valence-electron chi connectivity index (χ1n) is 12.2. The van der Waals surface area contributed by atoms with Crippen molar-refractivity contribution in [2.45, 2.75) is 52.2 Å². The highest BCUT2D eigenvalue weighted by Gasteiger charge is 2.31. The lowest BCUT2D eigenvalue weighted by atomic mass is 9.91. The van der Waals surface area contributed by atoms with Gasteiger partial charge in [-0.3, -0.25) is 19.4 Å². The van der Waals surface area contributed by atoms with Crippen LogP contribution in [0.25, 0.3) is 0 Å². The van der Waals surface area contributed by atoms with Crippen LogP contribution >= 0.6 is 0 Å². The highest BCUT2D eigenvalue weighted by atomic mass is 16.5. The van der Waals surface area contributed by atoms with E-state index >= 15 is 0 Å². The Hall–Kier alpha value is -2.12. The van der Waals surface area contributed by atoms with Crippen LogP contribution in [0.3, 0.4) is 0 Å². The largest absolute Gasteiger partial charge is 0.481 e. The van der Waals surface area contributed by atoms with Gasteiger partial charge in [0.15, 0.2) is 6.10 Å². The van der Waals surface area contributed by atoms with Crippen LogP contribution in [0, 0.1) is 13.8 Å². The molecule has 7 heteroatoms. The van der Waals surface area contributed by atoms with Crippen LogP contribution in [0.5, 0.6) is 5.75 Å². The van der Waals surface area contributed by atoms with E-state index in [9.17, 15) is 9.59 Å². The van der Waals surface area contributed by atoms with Gasteiger partial charge < -0.3 is 14.5 Å². The van der Waals surface area contributed by atoms with Gasteiger partial charge in [0.1, 0.15) is 5.75 Å². The van der Waals surface area contributed by atoms with Gasteiger partial charge >= 0.3 is 0 Å². The predicted octanol–water partition coefficient (Wildman–Crippen LogP) is 1.91. The lowest BCUT2D eigenvalue weighted by Gasteiger charge is -2.43. The summed E-state index contributed by atoms with van der Waals surface area (Å²) < 4.78 is 5.98. The first-order valence-corrected chi connectivity index (χ1v) is 12.2. The van der Waals surface area contributed by atoms with E-state index < -0.39 is 6.10 Å². The fourth-order valence-corrected chi connectivity index (χ4v) is 4.86. The smallest absolute Gasteiger partial charge is 0.263 e. The second-order valence-electron chi connectivity index (χ2n) is 9.56. The topological polar surface area (TPSA) is 56.3 Å². The fraction of sp³-hybridized carbons (Fsp3) is 0.680. The molecule has 0 radical (unpaired) electrons. The molecule has 1 saturated carbocycles. The molecule has 2 heterocycles. The molecule has 0 aromatic heterocycles. The highest BCUT2D eigenvalue weighted by molar-refractivity contribution is 5.81. The molecule has 3 aliphatic rings. The number of carbonyl (C=O) groups is 2. The van der Waals surface area contributed by atoms with Crippen LogP contribution in [0.2, 0.25) is 0 Å². The van der Waals surface area contributed by atoms with Crippen LogP contribution < -0.4 is 4.74 Å². The number of hydrogen-bond donors (Lipinski definition) is 0. The van der Waals surface area contributed by atoms with Gasteiger partial charge in [-0.15, -0.1) is 0 Å². The van der Waals surface area contributed by atoms with Gasteiger partial charge in [-0.05, 0) is 50.8 Å². The predicted molar refractivity (Wildman–Crippen MR) is 125 cm³/mol. The van der Waals surface area contributed by atoms with Gasteiger partial charge in [-0.25, -0.2) is 0 Å². The first kappa shape index (κ1) is 23.1. The summed E-state index contributed by atoms with van der Waals surface area (Å²) in [4.78, 5) is 34.3. The second-order valence-corrected chi connectivity index (χ2v) is 9.56. The zero-order valence-electron chi connectivity index (χ0n) is 19.9. The molecule has 2 amide bonds. The third kappa shape index (κ3) is 5.26. The lowest BCUT2D eigenvalue weighted by Crippen LogP contribution is -2.57. The van der Waals surface area contributed by atoms with E-state index in [0.29, 0.717) is 19.6 Å². The van der Waals surface area contributed by atoms with Crippen molar-refractivity contribution >= 4 is 11.8 Å². The Morgan fingerprint density at radius 2 is 1.62 bits per heavy atom. The summed E-state index contributed by atoms with van der Waals surface area (Å²) in [5.74, 6) is 1.01. The van der Waals surface area contributed by atoms with Crippen LogP contribution in [0.4, 0.5) is 0 Å². The average Bonchev–Trinajstić information content (AvgIpc) is 2.76. The maximum absolute atomic E-state index is 12.9. The molecular weight excluding hydrogens is 404 g/mol. The van der Waals surface area contributed by atoms with E-state index in [-0.39, 0.29) is 11.8 Å². The number of piperazine rings is 2. The van der Waals surface area contributed by atoms with E-state index in [2.05, 4.69) is 9.80 Å². The minimum Gasteiger partial charge on any atom is -0.481 e. The molecule has 176 valence electrons. The molecule has 1 aromatic rings. The minimum atomic E-state index is -0.518. The maximum Gasteiger partial charge on any atom is 0.263 e. The zero-order valence-corrected chi connectivity index (χ0v) is 19.9. The van der Waals surface area contributed by atoms with Crippen LogP contribution in [-0.4, -0.2) is 102 Å². The number of hydrogen-bond acceptors (Lipinski definition) is 5. The van der Waals surface area contributed by atoms with Gasteiger partial charge in [-0.1, -0.05) is 18.6 Å². The lowest BCUT2D eigenvalue weighted by molar-refractivity contribution is -0.140. The van der Waals surface area contributed by atoms with Crippen LogP contribution in [0.1, 0.15) is 37.3 Å². The summed E-state index contributed by atoms with van der Waals surface area (Å²) in [6, 6.07) is 6.68. The second kappa shape index (κ2) is 10.2. The summed E-state index contributed by atoms with van der Waals surface area (Å²) in [6.45, 7) is 12.8. The number of rotatable bonds is 6. The molecule has 3 fully saturated rings. The molecule has 1 unspecified atom stereocenters. The van der Waals surface area contributed by atoms with Crippen molar-refractivity contribution in [1.29, 1.82) is 0 Å². The molecule has 0 bridgehead atoms. The molecule has 1 aliphatic carbocycles. The van der Waals surface area contributed by atoms with Crippen molar-refractivity contribution in [2.75, 3.05) is 58.9 Å². The standard InChI is InChI=1S/C25H38N4O3/c1-19-6-4-9-23(20(19)2)32-21(3)25(31)29-12-10-26(11-13-29)18-24(30)28-16-14-27(15-17-28)22-7-5-8-22/h4,6,9,21-22H,5,7-8,10-18H2,1-3H3. The molecule has 2 saturated heterocycles.